The zero-order valence-corrected chi connectivity index (χ0v) is 17.3. The van der Waals surface area contributed by atoms with Gasteiger partial charge in [-0.3, -0.25) is 9.59 Å². The molecule has 3 rings (SSSR count). The number of esters is 1. The number of hydrogen-bond acceptors (Lipinski definition) is 5. The number of aryl methyl sites for hydroxylation is 1. The van der Waals surface area contributed by atoms with Crippen LogP contribution in [0.1, 0.15) is 43.1 Å². The number of nitrogens with zero attached hydrogens (tertiary/aromatic N) is 2. The second-order valence-corrected chi connectivity index (χ2v) is 8.18. The van der Waals surface area contributed by atoms with Crippen LogP contribution in [-0.4, -0.2) is 60.6 Å². The van der Waals surface area contributed by atoms with Gasteiger partial charge in [0.05, 0.1) is 17.3 Å². The number of morpholine rings is 1. The summed E-state index contributed by atoms with van der Waals surface area (Å²) in [5, 5.41) is 0. The predicted molar refractivity (Wildman–Crippen MR) is 109 cm³/mol. The van der Waals surface area contributed by atoms with E-state index in [0.717, 1.165) is 24.1 Å². The maximum atomic E-state index is 12.5. The monoisotopic (exact) mass is 400 g/mol. The van der Waals surface area contributed by atoms with Crippen molar-refractivity contribution < 1.29 is 23.9 Å². The maximum Gasteiger partial charge on any atom is 0.338 e. The summed E-state index contributed by atoms with van der Waals surface area (Å²) < 4.78 is 11.1. The highest BCUT2D eigenvalue weighted by Crippen LogP contribution is 2.28. The summed E-state index contributed by atoms with van der Waals surface area (Å²) >= 11 is 0. The quantitative estimate of drug-likeness (QED) is 0.573. The Bertz CT molecular complexity index is 832. The van der Waals surface area contributed by atoms with Gasteiger partial charge >= 0.3 is 5.97 Å². The van der Waals surface area contributed by atoms with Gasteiger partial charge in [-0.15, -0.1) is 0 Å². The highest BCUT2D eigenvalue weighted by Gasteiger charge is 2.34. The lowest BCUT2D eigenvalue weighted by Gasteiger charge is -2.41. The molecule has 1 fully saturated rings. The molecule has 1 unspecified atom stereocenters. The Morgan fingerprint density at radius 3 is 2.79 bits per heavy atom. The topological polar surface area (TPSA) is 76.2 Å². The van der Waals surface area contributed by atoms with E-state index in [1.54, 1.807) is 28.0 Å². The average Bonchev–Trinajstić information content (AvgIpc) is 2.68. The van der Waals surface area contributed by atoms with Crippen LogP contribution >= 0.6 is 0 Å². The van der Waals surface area contributed by atoms with Crippen LogP contribution in [0.25, 0.3) is 0 Å². The van der Waals surface area contributed by atoms with E-state index in [0.29, 0.717) is 25.2 Å². The van der Waals surface area contributed by atoms with Crippen LogP contribution in [0.5, 0.6) is 0 Å². The average molecular weight is 400 g/mol. The summed E-state index contributed by atoms with van der Waals surface area (Å²) in [4.78, 5) is 40.3. The van der Waals surface area contributed by atoms with Gasteiger partial charge in [0.15, 0.2) is 6.61 Å². The van der Waals surface area contributed by atoms with E-state index in [4.69, 9.17) is 9.47 Å². The number of rotatable bonds is 4. The fourth-order valence-electron chi connectivity index (χ4n) is 4.01. The van der Waals surface area contributed by atoms with Crippen molar-refractivity contribution in [2.24, 2.45) is 0 Å². The molecule has 0 radical (unpaired) electrons. The Kier molecular flexibility index (Phi) is 6.07. The van der Waals surface area contributed by atoms with Gasteiger partial charge in [-0.1, -0.05) is 6.58 Å². The summed E-state index contributed by atoms with van der Waals surface area (Å²) in [5.74, 6) is -0.939. The Hall–Kier alpha value is -2.67. The maximum absolute atomic E-state index is 12.5. The summed E-state index contributed by atoms with van der Waals surface area (Å²) in [5.41, 5.74) is 1.65. The van der Waals surface area contributed by atoms with Crippen LogP contribution in [0, 0.1) is 0 Å². The predicted octanol–water partition coefficient (Wildman–Crippen LogP) is 2.33. The first-order valence-corrected chi connectivity index (χ1v) is 9.90. The van der Waals surface area contributed by atoms with Crippen molar-refractivity contribution in [1.82, 2.24) is 4.90 Å². The standard InChI is InChI=1S/C22H28N2O5/c1-5-19(25)24-10-6-7-16-11-17(8-9-18(16)24)21(27)28-13-20(26)23-12-15(2)29-22(3,4)14-23/h5,8-9,11,15H,1,6-7,10,12-14H2,2-4H3. The van der Waals surface area contributed by atoms with Crippen molar-refractivity contribution in [2.45, 2.75) is 45.3 Å². The summed E-state index contributed by atoms with van der Waals surface area (Å²) in [6, 6.07) is 5.12. The van der Waals surface area contributed by atoms with E-state index >= 15 is 0 Å². The zero-order chi connectivity index (χ0) is 21.2. The Balaban J connectivity index is 1.63. The van der Waals surface area contributed by atoms with Crippen LogP contribution in [-0.2, 0) is 25.5 Å². The van der Waals surface area contributed by atoms with Crippen LogP contribution in [0.3, 0.4) is 0 Å². The van der Waals surface area contributed by atoms with E-state index < -0.39 is 11.6 Å². The number of benzene rings is 1. The lowest BCUT2D eigenvalue weighted by molar-refractivity contribution is -0.160. The van der Waals surface area contributed by atoms with Gasteiger partial charge < -0.3 is 19.3 Å². The van der Waals surface area contributed by atoms with Crippen LogP contribution in [0.2, 0.25) is 0 Å². The van der Waals surface area contributed by atoms with Crippen molar-refractivity contribution in [1.29, 1.82) is 0 Å². The van der Waals surface area contributed by atoms with Gasteiger partial charge in [0.2, 0.25) is 5.91 Å². The molecule has 2 aliphatic heterocycles. The molecule has 2 aliphatic rings. The van der Waals surface area contributed by atoms with Gasteiger partial charge in [0.1, 0.15) is 0 Å². The third kappa shape index (κ3) is 4.85. The van der Waals surface area contributed by atoms with Gasteiger partial charge in [-0.2, -0.15) is 0 Å². The first-order chi connectivity index (χ1) is 13.7. The number of fused-ring (bicyclic) bond motifs is 1. The van der Waals surface area contributed by atoms with Gasteiger partial charge in [-0.05, 0) is 63.5 Å². The normalized spacial score (nSPS) is 20.6. The molecular weight excluding hydrogens is 372 g/mol. The number of amides is 2. The fraction of sp³-hybridized carbons (Fsp3) is 0.500. The Morgan fingerprint density at radius 1 is 1.34 bits per heavy atom. The summed E-state index contributed by atoms with van der Waals surface area (Å²) in [6.45, 7) is 10.6. The molecule has 0 N–H and O–H groups in total. The lowest BCUT2D eigenvalue weighted by atomic mass is 9.99. The minimum atomic E-state index is -0.547. The van der Waals surface area contributed by atoms with E-state index in [1.165, 1.54) is 6.08 Å². The highest BCUT2D eigenvalue weighted by molar-refractivity contribution is 6.02. The smallest absolute Gasteiger partial charge is 0.338 e. The molecule has 1 aromatic carbocycles. The molecule has 2 amide bonds. The first kappa shape index (κ1) is 21.0. The van der Waals surface area contributed by atoms with Gasteiger partial charge in [0.25, 0.3) is 5.91 Å². The molecule has 2 heterocycles. The third-order valence-corrected chi connectivity index (χ3v) is 5.12. The third-order valence-electron chi connectivity index (χ3n) is 5.12. The molecule has 7 heteroatoms. The molecule has 0 aromatic heterocycles. The Morgan fingerprint density at radius 2 is 2.10 bits per heavy atom. The molecule has 1 aromatic rings. The molecule has 0 aliphatic carbocycles. The van der Waals surface area contributed by atoms with Crippen molar-refractivity contribution in [2.75, 3.05) is 31.1 Å². The lowest BCUT2D eigenvalue weighted by Crippen LogP contribution is -2.54. The van der Waals surface area contributed by atoms with Crippen molar-refractivity contribution in [3.63, 3.8) is 0 Å². The van der Waals surface area contributed by atoms with Crippen LogP contribution < -0.4 is 4.90 Å². The SMILES string of the molecule is C=CC(=O)N1CCCc2cc(C(=O)OCC(=O)N3CC(C)OC(C)(C)C3)ccc21. The number of carbonyl (C=O) groups is 3. The van der Waals surface area contributed by atoms with Crippen molar-refractivity contribution in [3.05, 3.63) is 42.0 Å². The molecule has 0 bridgehead atoms. The van der Waals surface area contributed by atoms with E-state index in [-0.39, 0.29) is 24.5 Å². The van der Waals surface area contributed by atoms with Gasteiger partial charge in [-0.25, -0.2) is 4.79 Å². The highest BCUT2D eigenvalue weighted by atomic mass is 16.5. The minimum Gasteiger partial charge on any atom is -0.452 e. The number of anilines is 1. The molecule has 1 atom stereocenters. The van der Waals surface area contributed by atoms with Crippen molar-refractivity contribution >= 4 is 23.5 Å². The molecular formula is C22H28N2O5. The minimum absolute atomic E-state index is 0.0692. The number of ether oxygens (including phenoxy) is 2. The van der Waals surface area contributed by atoms with E-state index in [2.05, 4.69) is 6.58 Å². The molecule has 0 spiro atoms. The van der Waals surface area contributed by atoms with Crippen molar-refractivity contribution in [3.8, 4) is 0 Å². The number of hydrogen-bond donors (Lipinski definition) is 0. The largest absolute Gasteiger partial charge is 0.452 e. The number of carbonyl (C=O) groups excluding carboxylic acids is 3. The molecule has 29 heavy (non-hydrogen) atoms. The first-order valence-electron chi connectivity index (χ1n) is 9.90. The van der Waals surface area contributed by atoms with E-state index in [1.807, 2.05) is 20.8 Å². The van der Waals surface area contributed by atoms with E-state index in [9.17, 15) is 14.4 Å². The Labute approximate surface area is 171 Å². The second kappa shape index (κ2) is 8.37. The molecule has 1 saturated heterocycles. The zero-order valence-electron chi connectivity index (χ0n) is 17.3. The molecule has 156 valence electrons. The second-order valence-electron chi connectivity index (χ2n) is 8.18. The molecule has 7 nitrogen and oxygen atoms in total. The van der Waals surface area contributed by atoms with Gasteiger partial charge in [0, 0.05) is 25.3 Å². The summed E-state index contributed by atoms with van der Waals surface area (Å²) in [7, 11) is 0. The molecule has 0 saturated carbocycles. The van der Waals surface area contributed by atoms with Crippen LogP contribution in [0.15, 0.2) is 30.9 Å². The fourth-order valence-corrected chi connectivity index (χ4v) is 4.01. The van der Waals surface area contributed by atoms with Crippen LogP contribution in [0.4, 0.5) is 5.69 Å². The summed E-state index contributed by atoms with van der Waals surface area (Å²) in [6.07, 6.45) is 2.81.